The van der Waals surface area contributed by atoms with Crippen LogP contribution in [0.1, 0.15) is 20.8 Å². The third kappa shape index (κ3) is 3.94. The Kier molecular flexibility index (Phi) is 3.61. The van der Waals surface area contributed by atoms with Crippen molar-refractivity contribution in [1.29, 1.82) is 0 Å². The van der Waals surface area contributed by atoms with E-state index in [-0.39, 0.29) is 5.41 Å². The van der Waals surface area contributed by atoms with Crippen LogP contribution in [0.15, 0.2) is 48.2 Å². The van der Waals surface area contributed by atoms with Crippen molar-refractivity contribution in [2.24, 2.45) is 11.1 Å². The predicted octanol–water partition coefficient (Wildman–Crippen LogP) is 1.94. The van der Waals surface area contributed by atoms with Gasteiger partial charge in [0.1, 0.15) is 0 Å². The van der Waals surface area contributed by atoms with Gasteiger partial charge in [-0.15, -0.1) is 0 Å². The number of nitrogens with two attached hydrogens (primary N) is 1. The van der Waals surface area contributed by atoms with Gasteiger partial charge in [-0.1, -0.05) is 32.9 Å². The molecule has 0 atom stereocenters. The van der Waals surface area contributed by atoms with E-state index in [0.717, 1.165) is 11.4 Å². The molecule has 0 aliphatic carbocycles. The summed E-state index contributed by atoms with van der Waals surface area (Å²) in [5.41, 5.74) is 7.54. The third-order valence-electron chi connectivity index (χ3n) is 1.88. The maximum absolute atomic E-state index is 5.49. The maximum atomic E-state index is 5.49. The standard InChI is InChI=1S/C12H19N3/c1-12(2,3)6-4-5-10-11(9-13)15-8-7-14-10/h4-9,14-15H,13H2,1-3H3/b6-4+,10-5+,11-9+. The minimum atomic E-state index is 0.196. The summed E-state index contributed by atoms with van der Waals surface area (Å²) >= 11 is 0. The molecule has 82 valence electrons. The van der Waals surface area contributed by atoms with Crippen LogP contribution in [0.4, 0.5) is 0 Å². The van der Waals surface area contributed by atoms with E-state index in [9.17, 15) is 0 Å². The second-order valence-corrected chi connectivity index (χ2v) is 4.51. The fourth-order valence-corrected chi connectivity index (χ4v) is 1.13. The number of hydrogen-bond donors (Lipinski definition) is 3. The molecule has 3 heteroatoms. The number of nitrogens with one attached hydrogen (secondary N) is 2. The normalized spacial score (nSPS) is 22.1. The van der Waals surface area contributed by atoms with Crippen LogP contribution in [0.3, 0.4) is 0 Å². The molecule has 0 radical (unpaired) electrons. The van der Waals surface area contributed by atoms with Crippen molar-refractivity contribution in [3.05, 3.63) is 48.2 Å². The van der Waals surface area contributed by atoms with Crippen LogP contribution in [-0.2, 0) is 0 Å². The lowest BCUT2D eigenvalue weighted by Crippen LogP contribution is -2.23. The van der Waals surface area contributed by atoms with E-state index in [0.29, 0.717) is 0 Å². The number of rotatable bonds is 1. The van der Waals surface area contributed by atoms with Crippen LogP contribution < -0.4 is 16.4 Å². The summed E-state index contributed by atoms with van der Waals surface area (Å²) in [6.45, 7) is 6.48. The van der Waals surface area contributed by atoms with Gasteiger partial charge in [0.2, 0.25) is 0 Å². The van der Waals surface area contributed by atoms with E-state index < -0.39 is 0 Å². The summed E-state index contributed by atoms with van der Waals surface area (Å²) in [5, 5.41) is 6.18. The Labute approximate surface area is 91.4 Å². The van der Waals surface area contributed by atoms with Crippen LogP contribution >= 0.6 is 0 Å². The molecule has 1 heterocycles. The average molecular weight is 205 g/mol. The molecule has 3 nitrogen and oxygen atoms in total. The van der Waals surface area contributed by atoms with Crippen molar-refractivity contribution in [3.8, 4) is 0 Å². The van der Waals surface area contributed by atoms with E-state index >= 15 is 0 Å². The van der Waals surface area contributed by atoms with E-state index in [1.807, 2.05) is 24.6 Å². The van der Waals surface area contributed by atoms with Crippen molar-refractivity contribution in [2.45, 2.75) is 20.8 Å². The van der Waals surface area contributed by atoms with E-state index in [1.54, 1.807) is 6.20 Å². The highest BCUT2D eigenvalue weighted by Gasteiger charge is 2.05. The molecule has 0 fully saturated rings. The second-order valence-electron chi connectivity index (χ2n) is 4.51. The molecule has 0 amide bonds. The van der Waals surface area contributed by atoms with Gasteiger partial charge in [-0.3, -0.25) is 0 Å². The maximum Gasteiger partial charge on any atom is 0.0776 e. The van der Waals surface area contributed by atoms with Gasteiger partial charge in [-0.25, -0.2) is 0 Å². The Morgan fingerprint density at radius 3 is 2.27 bits per heavy atom. The molecular weight excluding hydrogens is 186 g/mol. The molecular formula is C12H19N3. The molecule has 1 aliphatic rings. The SMILES string of the molecule is CC(C)(C)/C=C/C=C1/NC=CN/C1=C/N. The van der Waals surface area contributed by atoms with Gasteiger partial charge in [0.25, 0.3) is 0 Å². The van der Waals surface area contributed by atoms with Crippen LogP contribution in [0.25, 0.3) is 0 Å². The average Bonchev–Trinajstić information content (AvgIpc) is 2.16. The minimum absolute atomic E-state index is 0.196. The Balaban J connectivity index is 2.74. The third-order valence-corrected chi connectivity index (χ3v) is 1.88. The van der Waals surface area contributed by atoms with Crippen molar-refractivity contribution in [3.63, 3.8) is 0 Å². The molecule has 1 rings (SSSR count). The monoisotopic (exact) mass is 205 g/mol. The summed E-state index contributed by atoms with van der Waals surface area (Å²) in [5.74, 6) is 0. The van der Waals surface area contributed by atoms with Crippen molar-refractivity contribution >= 4 is 0 Å². The second kappa shape index (κ2) is 4.73. The van der Waals surface area contributed by atoms with Crippen molar-refractivity contribution < 1.29 is 0 Å². The minimum Gasteiger partial charge on any atom is -0.403 e. The lowest BCUT2D eigenvalue weighted by molar-refractivity contribution is 0.544. The zero-order valence-corrected chi connectivity index (χ0v) is 9.54. The molecule has 4 N–H and O–H groups in total. The first-order valence-corrected chi connectivity index (χ1v) is 5.03. The fraction of sp³-hybridized carbons (Fsp3) is 0.333. The lowest BCUT2D eigenvalue weighted by Gasteiger charge is -2.16. The van der Waals surface area contributed by atoms with E-state index in [1.165, 1.54) is 0 Å². The highest BCUT2D eigenvalue weighted by atomic mass is 15.0. The topological polar surface area (TPSA) is 50.1 Å². The van der Waals surface area contributed by atoms with Gasteiger partial charge < -0.3 is 16.4 Å². The molecule has 0 aromatic carbocycles. The lowest BCUT2D eigenvalue weighted by atomic mass is 9.96. The number of allylic oxidation sites excluding steroid dienone is 3. The predicted molar refractivity (Wildman–Crippen MR) is 64.4 cm³/mol. The van der Waals surface area contributed by atoms with Gasteiger partial charge in [-0.2, -0.15) is 0 Å². The summed E-state index contributed by atoms with van der Waals surface area (Å²) in [6, 6.07) is 0. The van der Waals surface area contributed by atoms with Gasteiger partial charge >= 0.3 is 0 Å². The molecule has 0 spiro atoms. The van der Waals surface area contributed by atoms with Crippen molar-refractivity contribution in [1.82, 2.24) is 10.6 Å². The molecule has 0 bridgehead atoms. The Hall–Kier alpha value is -1.64. The first kappa shape index (κ1) is 11.4. The van der Waals surface area contributed by atoms with Crippen LogP contribution in [-0.4, -0.2) is 0 Å². The highest BCUT2D eigenvalue weighted by Crippen LogP contribution is 2.15. The molecule has 0 aromatic heterocycles. The quantitative estimate of drug-likeness (QED) is 0.613. The molecule has 0 unspecified atom stereocenters. The zero-order chi connectivity index (χ0) is 11.3. The van der Waals surface area contributed by atoms with Crippen molar-refractivity contribution in [2.75, 3.05) is 0 Å². The molecule has 1 aliphatic heterocycles. The highest BCUT2D eigenvalue weighted by molar-refractivity contribution is 5.35. The van der Waals surface area contributed by atoms with Gasteiger partial charge in [0.05, 0.1) is 11.4 Å². The molecule has 15 heavy (non-hydrogen) atoms. The van der Waals surface area contributed by atoms with E-state index in [4.69, 9.17) is 5.73 Å². The smallest absolute Gasteiger partial charge is 0.0776 e. The van der Waals surface area contributed by atoms with E-state index in [2.05, 4.69) is 37.5 Å². The largest absolute Gasteiger partial charge is 0.403 e. The van der Waals surface area contributed by atoms with Gasteiger partial charge in [0.15, 0.2) is 0 Å². The zero-order valence-electron chi connectivity index (χ0n) is 9.54. The van der Waals surface area contributed by atoms with Gasteiger partial charge in [0, 0.05) is 18.6 Å². The summed E-state index contributed by atoms with van der Waals surface area (Å²) < 4.78 is 0. The summed E-state index contributed by atoms with van der Waals surface area (Å²) in [6.07, 6.45) is 11.4. The summed E-state index contributed by atoms with van der Waals surface area (Å²) in [4.78, 5) is 0. The van der Waals surface area contributed by atoms with Crippen LogP contribution in [0, 0.1) is 5.41 Å². The van der Waals surface area contributed by atoms with Crippen LogP contribution in [0.2, 0.25) is 0 Å². The number of hydrogen-bond acceptors (Lipinski definition) is 3. The fourth-order valence-electron chi connectivity index (χ4n) is 1.13. The molecule has 0 saturated heterocycles. The van der Waals surface area contributed by atoms with Crippen LogP contribution in [0.5, 0.6) is 0 Å². The Morgan fingerprint density at radius 1 is 1.13 bits per heavy atom. The Bertz CT molecular complexity index is 327. The molecule has 0 aromatic rings. The first-order chi connectivity index (χ1) is 7.03. The molecule has 0 saturated carbocycles. The first-order valence-electron chi connectivity index (χ1n) is 5.03. The Morgan fingerprint density at radius 2 is 1.73 bits per heavy atom. The summed E-state index contributed by atoms with van der Waals surface area (Å²) in [7, 11) is 0. The van der Waals surface area contributed by atoms with Gasteiger partial charge in [-0.05, 0) is 11.5 Å².